The summed E-state index contributed by atoms with van der Waals surface area (Å²) in [5.41, 5.74) is 7.72. The zero-order valence-electron chi connectivity index (χ0n) is 17.4. The minimum atomic E-state index is -0.149. The molecule has 0 unspecified atom stereocenters. The zero-order valence-corrected chi connectivity index (χ0v) is 18.2. The summed E-state index contributed by atoms with van der Waals surface area (Å²) >= 11 is 1.02. The Labute approximate surface area is 185 Å². The molecule has 0 aliphatic rings. The van der Waals surface area contributed by atoms with Crippen molar-refractivity contribution in [3.05, 3.63) is 76.2 Å². The standard InChI is InChI=1S/C23H24N4O3S/c1-15(27(14-29)13-18-12-25-16(2)26-22(18)24)21(10-11-28)31-23(30)20-9-5-7-17-6-3-4-8-19(17)20/h3-9,12,14,28H,10-11,13H2,1-2H3,(H2,24,25,26)/b21-15-. The highest BCUT2D eigenvalue weighted by Gasteiger charge is 2.18. The molecule has 3 aromatic rings. The first-order valence-corrected chi connectivity index (χ1v) is 10.6. The van der Waals surface area contributed by atoms with Crippen molar-refractivity contribution in [1.82, 2.24) is 14.9 Å². The van der Waals surface area contributed by atoms with Crippen molar-refractivity contribution in [2.24, 2.45) is 0 Å². The molecule has 2 aromatic carbocycles. The summed E-state index contributed by atoms with van der Waals surface area (Å²) < 4.78 is 0. The number of hydrogen-bond acceptors (Lipinski definition) is 7. The fourth-order valence-electron chi connectivity index (χ4n) is 3.19. The quantitative estimate of drug-likeness (QED) is 0.519. The normalized spacial score (nSPS) is 11.8. The Hall–Kier alpha value is -3.23. The SMILES string of the molecule is C/C(=C(\CCO)SC(=O)c1cccc2ccccc12)N(C=O)Cc1cnc(C)nc1N. The average Bonchev–Trinajstić information content (AvgIpc) is 2.77. The number of allylic oxidation sites excluding steroid dienone is 1. The highest BCUT2D eigenvalue weighted by molar-refractivity contribution is 8.17. The lowest BCUT2D eigenvalue weighted by molar-refractivity contribution is -0.116. The minimum absolute atomic E-state index is 0.148. The summed E-state index contributed by atoms with van der Waals surface area (Å²) in [6.07, 6.45) is 2.51. The van der Waals surface area contributed by atoms with E-state index in [1.165, 1.54) is 4.90 Å². The van der Waals surface area contributed by atoms with Crippen LogP contribution in [0.25, 0.3) is 10.8 Å². The summed E-state index contributed by atoms with van der Waals surface area (Å²) in [4.78, 5) is 35.2. The second-order valence-electron chi connectivity index (χ2n) is 6.96. The number of carbonyl (C=O) groups is 2. The van der Waals surface area contributed by atoms with Gasteiger partial charge in [0.1, 0.15) is 11.6 Å². The topological polar surface area (TPSA) is 109 Å². The van der Waals surface area contributed by atoms with E-state index in [4.69, 9.17) is 5.73 Å². The van der Waals surface area contributed by atoms with Gasteiger partial charge in [0.25, 0.3) is 0 Å². The Kier molecular flexibility index (Phi) is 7.38. The summed E-state index contributed by atoms with van der Waals surface area (Å²) in [6, 6.07) is 13.3. The van der Waals surface area contributed by atoms with E-state index < -0.39 is 0 Å². The molecule has 0 aliphatic heterocycles. The van der Waals surface area contributed by atoms with Gasteiger partial charge >= 0.3 is 0 Å². The lowest BCUT2D eigenvalue weighted by atomic mass is 10.1. The lowest BCUT2D eigenvalue weighted by Crippen LogP contribution is -2.22. The third kappa shape index (κ3) is 5.28. The third-order valence-electron chi connectivity index (χ3n) is 4.89. The van der Waals surface area contributed by atoms with Crippen molar-refractivity contribution < 1.29 is 14.7 Å². The number of anilines is 1. The maximum absolute atomic E-state index is 13.1. The van der Waals surface area contributed by atoms with E-state index in [0.29, 0.717) is 39.8 Å². The van der Waals surface area contributed by atoms with Gasteiger partial charge in [-0.15, -0.1) is 0 Å². The van der Waals surface area contributed by atoms with Crippen LogP contribution in [0, 0.1) is 6.92 Å². The van der Waals surface area contributed by atoms with Gasteiger partial charge in [-0.1, -0.05) is 36.4 Å². The molecule has 7 nitrogen and oxygen atoms in total. The van der Waals surface area contributed by atoms with Gasteiger partial charge in [-0.2, -0.15) is 0 Å². The number of benzene rings is 2. The van der Waals surface area contributed by atoms with Gasteiger partial charge in [-0.25, -0.2) is 9.97 Å². The average molecular weight is 437 g/mol. The van der Waals surface area contributed by atoms with E-state index in [-0.39, 0.29) is 24.7 Å². The van der Waals surface area contributed by atoms with Gasteiger partial charge in [-0.3, -0.25) is 9.59 Å². The van der Waals surface area contributed by atoms with E-state index >= 15 is 0 Å². The number of amides is 1. The van der Waals surface area contributed by atoms with Crippen molar-refractivity contribution >= 4 is 39.9 Å². The zero-order chi connectivity index (χ0) is 22.4. The van der Waals surface area contributed by atoms with Gasteiger partial charge < -0.3 is 15.7 Å². The van der Waals surface area contributed by atoms with Crippen LogP contribution in [0.1, 0.15) is 35.1 Å². The number of carbonyl (C=O) groups excluding carboxylic acids is 2. The molecule has 1 heterocycles. The van der Waals surface area contributed by atoms with Gasteiger partial charge in [0, 0.05) is 41.0 Å². The van der Waals surface area contributed by atoms with Crippen LogP contribution < -0.4 is 5.73 Å². The molecule has 3 rings (SSSR count). The number of hydrogen-bond donors (Lipinski definition) is 2. The van der Waals surface area contributed by atoms with E-state index in [2.05, 4.69) is 9.97 Å². The third-order valence-corrected chi connectivity index (χ3v) is 6.04. The number of fused-ring (bicyclic) bond motifs is 1. The van der Waals surface area contributed by atoms with Gasteiger partial charge in [0.05, 0.1) is 6.54 Å². The summed E-state index contributed by atoms with van der Waals surface area (Å²) in [6.45, 7) is 3.50. The van der Waals surface area contributed by atoms with Crippen LogP contribution in [0.5, 0.6) is 0 Å². The Morgan fingerprint density at radius 3 is 2.68 bits per heavy atom. The fourth-order valence-corrected chi connectivity index (χ4v) is 4.16. The second-order valence-corrected chi connectivity index (χ2v) is 8.03. The molecule has 0 fully saturated rings. The second kappa shape index (κ2) is 10.2. The predicted octanol–water partition coefficient (Wildman–Crippen LogP) is 3.67. The van der Waals surface area contributed by atoms with Crippen molar-refractivity contribution in [2.45, 2.75) is 26.8 Å². The number of aliphatic hydroxyl groups is 1. The van der Waals surface area contributed by atoms with Crippen molar-refractivity contribution in [3.8, 4) is 0 Å². The number of aryl methyl sites for hydroxylation is 1. The predicted molar refractivity (Wildman–Crippen MR) is 123 cm³/mol. The van der Waals surface area contributed by atoms with Crippen molar-refractivity contribution in [3.63, 3.8) is 0 Å². The Bertz CT molecular complexity index is 1140. The highest BCUT2D eigenvalue weighted by Crippen LogP contribution is 2.31. The number of nitrogens with zero attached hydrogens (tertiary/aromatic N) is 3. The molecule has 160 valence electrons. The monoisotopic (exact) mass is 436 g/mol. The van der Waals surface area contributed by atoms with Crippen LogP contribution in [-0.4, -0.2) is 38.1 Å². The summed E-state index contributed by atoms with van der Waals surface area (Å²) in [5.74, 6) is 0.846. The number of nitrogens with two attached hydrogens (primary N) is 1. The Morgan fingerprint density at radius 2 is 1.97 bits per heavy atom. The molecule has 0 aliphatic carbocycles. The lowest BCUT2D eigenvalue weighted by Gasteiger charge is -2.22. The smallest absolute Gasteiger partial charge is 0.224 e. The van der Waals surface area contributed by atoms with E-state index in [1.807, 2.05) is 36.4 Å². The fraction of sp³-hybridized carbons (Fsp3) is 0.217. The molecule has 0 saturated carbocycles. The first-order chi connectivity index (χ1) is 14.9. The molecular formula is C23H24N4O3S. The summed E-state index contributed by atoms with van der Waals surface area (Å²) in [5, 5.41) is 11.2. The molecule has 8 heteroatoms. The van der Waals surface area contributed by atoms with Crippen LogP contribution >= 0.6 is 11.8 Å². The molecule has 0 spiro atoms. The van der Waals surface area contributed by atoms with Crippen molar-refractivity contribution in [1.29, 1.82) is 0 Å². The number of rotatable bonds is 8. The van der Waals surface area contributed by atoms with Crippen LogP contribution in [0.4, 0.5) is 5.82 Å². The van der Waals surface area contributed by atoms with Crippen LogP contribution in [0.2, 0.25) is 0 Å². The number of aliphatic hydroxyl groups excluding tert-OH is 1. The van der Waals surface area contributed by atoms with E-state index in [0.717, 1.165) is 22.5 Å². The first kappa shape index (κ1) is 22.5. The molecule has 1 aromatic heterocycles. The Morgan fingerprint density at radius 1 is 1.23 bits per heavy atom. The van der Waals surface area contributed by atoms with Crippen LogP contribution in [-0.2, 0) is 11.3 Å². The van der Waals surface area contributed by atoms with Gasteiger partial charge in [0.15, 0.2) is 0 Å². The molecule has 0 atom stereocenters. The van der Waals surface area contributed by atoms with Crippen LogP contribution in [0.15, 0.2) is 59.3 Å². The summed E-state index contributed by atoms with van der Waals surface area (Å²) in [7, 11) is 0. The number of aromatic nitrogens is 2. The molecule has 0 saturated heterocycles. The van der Waals surface area contributed by atoms with E-state index in [9.17, 15) is 14.7 Å². The molecule has 31 heavy (non-hydrogen) atoms. The van der Waals surface area contributed by atoms with Gasteiger partial charge in [-0.05, 0) is 42.4 Å². The van der Waals surface area contributed by atoms with Crippen molar-refractivity contribution in [2.75, 3.05) is 12.3 Å². The maximum Gasteiger partial charge on any atom is 0.224 e. The number of nitrogen functional groups attached to an aromatic ring is 1. The molecule has 0 bridgehead atoms. The van der Waals surface area contributed by atoms with Crippen LogP contribution in [0.3, 0.4) is 0 Å². The highest BCUT2D eigenvalue weighted by atomic mass is 32.2. The first-order valence-electron chi connectivity index (χ1n) is 9.75. The largest absolute Gasteiger partial charge is 0.396 e. The molecule has 0 radical (unpaired) electrons. The Balaban J connectivity index is 1.90. The van der Waals surface area contributed by atoms with Gasteiger partial charge in [0.2, 0.25) is 11.5 Å². The number of thioether (sulfide) groups is 1. The molecule has 3 N–H and O–H groups in total. The molecular weight excluding hydrogens is 412 g/mol. The maximum atomic E-state index is 13.1. The molecule has 1 amide bonds. The minimum Gasteiger partial charge on any atom is -0.396 e. The van der Waals surface area contributed by atoms with E-state index in [1.54, 1.807) is 26.1 Å².